The van der Waals surface area contributed by atoms with Crippen LogP contribution in [0.25, 0.3) is 0 Å². The SMILES string of the molecule is CC(C)CC(=O)N1CCC2(CC1)OCCCO2. The van der Waals surface area contributed by atoms with Crippen LogP contribution in [0.4, 0.5) is 0 Å². The van der Waals surface area contributed by atoms with Crippen molar-refractivity contribution in [1.29, 1.82) is 0 Å². The molecule has 1 spiro atoms. The molecule has 2 aliphatic rings. The monoisotopic (exact) mass is 241 g/mol. The first-order valence-electron chi connectivity index (χ1n) is 6.67. The topological polar surface area (TPSA) is 38.8 Å². The fourth-order valence-corrected chi connectivity index (χ4v) is 2.48. The Labute approximate surface area is 103 Å². The Bertz CT molecular complexity index is 262. The normalized spacial score (nSPS) is 24.3. The van der Waals surface area contributed by atoms with Gasteiger partial charge in [-0.2, -0.15) is 0 Å². The van der Waals surface area contributed by atoms with E-state index < -0.39 is 0 Å². The smallest absolute Gasteiger partial charge is 0.222 e. The molecule has 2 fully saturated rings. The number of ether oxygens (including phenoxy) is 2. The molecule has 0 aliphatic carbocycles. The molecule has 0 bridgehead atoms. The molecule has 2 heterocycles. The number of hydrogen-bond acceptors (Lipinski definition) is 3. The molecule has 98 valence electrons. The summed E-state index contributed by atoms with van der Waals surface area (Å²) in [4.78, 5) is 13.9. The fourth-order valence-electron chi connectivity index (χ4n) is 2.48. The standard InChI is InChI=1S/C13H23NO3/c1-11(2)10-12(15)14-6-4-13(5-7-14)16-8-3-9-17-13/h11H,3-10H2,1-2H3. The summed E-state index contributed by atoms with van der Waals surface area (Å²) in [7, 11) is 0. The molecular weight excluding hydrogens is 218 g/mol. The molecule has 2 aliphatic heterocycles. The van der Waals surface area contributed by atoms with Crippen LogP contribution < -0.4 is 0 Å². The summed E-state index contributed by atoms with van der Waals surface area (Å²) in [6, 6.07) is 0. The quantitative estimate of drug-likeness (QED) is 0.740. The van der Waals surface area contributed by atoms with Crippen LogP contribution in [0.5, 0.6) is 0 Å². The Morgan fingerprint density at radius 1 is 1.24 bits per heavy atom. The Morgan fingerprint density at radius 3 is 2.35 bits per heavy atom. The molecule has 0 N–H and O–H groups in total. The van der Waals surface area contributed by atoms with Gasteiger partial charge >= 0.3 is 0 Å². The molecule has 2 saturated heterocycles. The zero-order valence-corrected chi connectivity index (χ0v) is 10.9. The molecule has 2 rings (SSSR count). The first-order valence-corrected chi connectivity index (χ1v) is 6.67. The van der Waals surface area contributed by atoms with E-state index in [-0.39, 0.29) is 11.7 Å². The van der Waals surface area contributed by atoms with Gasteiger partial charge in [0.25, 0.3) is 0 Å². The number of amides is 1. The molecule has 17 heavy (non-hydrogen) atoms. The molecule has 0 saturated carbocycles. The van der Waals surface area contributed by atoms with Gasteiger partial charge in [0.05, 0.1) is 13.2 Å². The minimum Gasteiger partial charge on any atom is -0.350 e. The maximum atomic E-state index is 11.9. The van der Waals surface area contributed by atoms with Crippen LogP contribution in [0.2, 0.25) is 0 Å². The van der Waals surface area contributed by atoms with E-state index in [1.165, 1.54) is 0 Å². The highest BCUT2D eigenvalue weighted by molar-refractivity contribution is 5.76. The van der Waals surface area contributed by atoms with Gasteiger partial charge < -0.3 is 14.4 Å². The second-order valence-corrected chi connectivity index (χ2v) is 5.44. The highest BCUT2D eigenvalue weighted by Crippen LogP contribution is 2.31. The highest BCUT2D eigenvalue weighted by atomic mass is 16.7. The van der Waals surface area contributed by atoms with Crippen molar-refractivity contribution in [2.24, 2.45) is 5.92 Å². The zero-order valence-electron chi connectivity index (χ0n) is 10.9. The van der Waals surface area contributed by atoms with E-state index in [4.69, 9.17) is 9.47 Å². The van der Waals surface area contributed by atoms with Crippen molar-refractivity contribution in [3.05, 3.63) is 0 Å². The van der Waals surface area contributed by atoms with Gasteiger partial charge in [-0.3, -0.25) is 4.79 Å². The van der Waals surface area contributed by atoms with Crippen molar-refractivity contribution < 1.29 is 14.3 Å². The fraction of sp³-hybridized carbons (Fsp3) is 0.923. The molecule has 4 heteroatoms. The minimum absolute atomic E-state index is 0.269. The van der Waals surface area contributed by atoms with Gasteiger partial charge in [-0.25, -0.2) is 0 Å². The second-order valence-electron chi connectivity index (χ2n) is 5.44. The first-order chi connectivity index (χ1) is 8.11. The van der Waals surface area contributed by atoms with Gasteiger partial charge in [-0.05, 0) is 12.3 Å². The van der Waals surface area contributed by atoms with Crippen LogP contribution >= 0.6 is 0 Å². The van der Waals surface area contributed by atoms with Gasteiger partial charge in [0.2, 0.25) is 5.91 Å². The zero-order chi connectivity index (χ0) is 12.3. The molecular formula is C13H23NO3. The molecule has 0 atom stereocenters. The van der Waals surface area contributed by atoms with E-state index in [9.17, 15) is 4.79 Å². The van der Waals surface area contributed by atoms with Crippen LogP contribution in [-0.4, -0.2) is 42.9 Å². The van der Waals surface area contributed by atoms with Gasteiger partial charge in [-0.1, -0.05) is 13.8 Å². The van der Waals surface area contributed by atoms with Gasteiger partial charge in [0.1, 0.15) is 0 Å². The van der Waals surface area contributed by atoms with E-state index in [1.54, 1.807) is 0 Å². The van der Waals surface area contributed by atoms with Crippen LogP contribution in [0, 0.1) is 5.92 Å². The highest BCUT2D eigenvalue weighted by Gasteiger charge is 2.39. The van der Waals surface area contributed by atoms with Crippen molar-refractivity contribution in [3.8, 4) is 0 Å². The molecule has 0 aromatic heterocycles. The van der Waals surface area contributed by atoms with Crippen LogP contribution in [-0.2, 0) is 14.3 Å². The van der Waals surface area contributed by atoms with Gasteiger partial charge in [0, 0.05) is 32.4 Å². The van der Waals surface area contributed by atoms with Crippen LogP contribution in [0.1, 0.15) is 39.5 Å². The summed E-state index contributed by atoms with van der Waals surface area (Å²) in [5.74, 6) is 0.318. The summed E-state index contributed by atoms with van der Waals surface area (Å²) in [6.07, 6.45) is 3.26. The van der Waals surface area contributed by atoms with Crippen molar-refractivity contribution >= 4 is 5.91 Å². The second kappa shape index (κ2) is 5.36. The number of likely N-dealkylation sites (tertiary alicyclic amines) is 1. The summed E-state index contributed by atoms with van der Waals surface area (Å²) in [5.41, 5.74) is 0. The third-order valence-electron chi connectivity index (χ3n) is 3.48. The Kier molecular flexibility index (Phi) is 4.05. The van der Waals surface area contributed by atoms with Crippen LogP contribution in [0.3, 0.4) is 0 Å². The van der Waals surface area contributed by atoms with Crippen molar-refractivity contribution in [1.82, 2.24) is 4.90 Å². The number of piperidine rings is 1. The molecule has 0 radical (unpaired) electrons. The van der Waals surface area contributed by atoms with E-state index in [0.717, 1.165) is 45.6 Å². The third kappa shape index (κ3) is 3.19. The maximum Gasteiger partial charge on any atom is 0.222 e. The first kappa shape index (κ1) is 12.8. The molecule has 0 aromatic rings. The van der Waals surface area contributed by atoms with Crippen LogP contribution in [0.15, 0.2) is 0 Å². The Morgan fingerprint density at radius 2 is 1.82 bits per heavy atom. The van der Waals surface area contributed by atoms with E-state index in [2.05, 4.69) is 13.8 Å². The van der Waals surface area contributed by atoms with Crippen molar-refractivity contribution in [2.45, 2.75) is 45.3 Å². The largest absolute Gasteiger partial charge is 0.350 e. The summed E-state index contributed by atoms with van der Waals surface area (Å²) in [5, 5.41) is 0. The number of hydrogen-bond donors (Lipinski definition) is 0. The van der Waals surface area contributed by atoms with Crippen molar-refractivity contribution in [2.75, 3.05) is 26.3 Å². The number of carbonyl (C=O) groups is 1. The summed E-state index contributed by atoms with van der Waals surface area (Å²) in [6.45, 7) is 7.28. The average molecular weight is 241 g/mol. The number of nitrogens with zero attached hydrogens (tertiary/aromatic N) is 1. The van der Waals surface area contributed by atoms with E-state index >= 15 is 0 Å². The Hall–Kier alpha value is -0.610. The minimum atomic E-state index is -0.382. The van der Waals surface area contributed by atoms with Gasteiger partial charge in [-0.15, -0.1) is 0 Å². The van der Waals surface area contributed by atoms with E-state index in [1.807, 2.05) is 4.90 Å². The molecule has 4 nitrogen and oxygen atoms in total. The van der Waals surface area contributed by atoms with Gasteiger partial charge in [0.15, 0.2) is 5.79 Å². The average Bonchev–Trinajstić information content (AvgIpc) is 2.30. The lowest BCUT2D eigenvalue weighted by atomic mass is 10.0. The summed E-state index contributed by atoms with van der Waals surface area (Å²) >= 11 is 0. The predicted octanol–water partition coefficient (Wildman–Crippen LogP) is 1.79. The lowest BCUT2D eigenvalue weighted by Gasteiger charge is -2.43. The van der Waals surface area contributed by atoms with Crippen molar-refractivity contribution in [3.63, 3.8) is 0 Å². The third-order valence-corrected chi connectivity index (χ3v) is 3.48. The molecule has 0 aromatic carbocycles. The number of rotatable bonds is 2. The lowest BCUT2D eigenvalue weighted by Crippen LogP contribution is -2.51. The lowest BCUT2D eigenvalue weighted by molar-refractivity contribution is -0.282. The van der Waals surface area contributed by atoms with E-state index in [0.29, 0.717) is 12.3 Å². The summed E-state index contributed by atoms with van der Waals surface area (Å²) < 4.78 is 11.5. The molecule has 0 unspecified atom stereocenters. The Balaban J connectivity index is 1.82. The number of carbonyl (C=O) groups excluding carboxylic acids is 1. The predicted molar refractivity (Wildman–Crippen MR) is 64.5 cm³/mol. The molecule has 1 amide bonds. The maximum absolute atomic E-state index is 11.9.